The van der Waals surface area contributed by atoms with Crippen molar-refractivity contribution >= 4 is 48.5 Å². The normalized spacial score (nSPS) is 11.0. The van der Waals surface area contributed by atoms with Gasteiger partial charge in [0, 0.05) is 29.0 Å². The standard InChI is InChI=1S/C21H19BrN4O2S/c1-2-28-17-8-4-9-18-19(17)24-21(29-18)26(13-12-25-11-5-10-23-25)20(27)15-6-3-7-16(22)14-15/h3-11,14H,2,12-13H2,1H3. The Labute approximate surface area is 180 Å². The van der Waals surface area contributed by atoms with Gasteiger partial charge in [0.05, 0.1) is 17.9 Å². The van der Waals surface area contributed by atoms with Crippen molar-refractivity contribution in [3.63, 3.8) is 0 Å². The number of para-hydroxylation sites is 1. The summed E-state index contributed by atoms with van der Waals surface area (Å²) < 4.78 is 9.36. The number of hydrogen-bond acceptors (Lipinski definition) is 5. The molecule has 2 aromatic heterocycles. The molecule has 0 fully saturated rings. The number of hydrogen-bond donors (Lipinski definition) is 0. The lowest BCUT2D eigenvalue weighted by atomic mass is 10.2. The summed E-state index contributed by atoms with van der Waals surface area (Å²) in [5.41, 5.74) is 1.38. The van der Waals surface area contributed by atoms with Crippen molar-refractivity contribution in [2.24, 2.45) is 0 Å². The number of carbonyl (C=O) groups excluding carboxylic acids is 1. The van der Waals surface area contributed by atoms with Crippen LogP contribution in [0, 0.1) is 0 Å². The van der Waals surface area contributed by atoms with Crippen molar-refractivity contribution < 1.29 is 9.53 Å². The van der Waals surface area contributed by atoms with E-state index in [1.54, 1.807) is 15.8 Å². The summed E-state index contributed by atoms with van der Waals surface area (Å²) in [6, 6.07) is 15.1. The maximum atomic E-state index is 13.4. The molecule has 0 aliphatic heterocycles. The minimum atomic E-state index is -0.101. The van der Waals surface area contributed by atoms with Gasteiger partial charge in [-0.1, -0.05) is 39.4 Å². The molecule has 148 valence electrons. The Morgan fingerprint density at radius 2 is 2.10 bits per heavy atom. The number of carbonyl (C=O) groups is 1. The Morgan fingerprint density at radius 1 is 1.24 bits per heavy atom. The summed E-state index contributed by atoms with van der Waals surface area (Å²) in [4.78, 5) is 19.8. The van der Waals surface area contributed by atoms with Crippen LogP contribution in [-0.4, -0.2) is 33.8 Å². The molecule has 0 bridgehead atoms. The maximum absolute atomic E-state index is 13.4. The van der Waals surface area contributed by atoms with E-state index < -0.39 is 0 Å². The van der Waals surface area contributed by atoms with Crippen LogP contribution in [0.1, 0.15) is 17.3 Å². The molecular formula is C21H19BrN4O2S. The highest BCUT2D eigenvalue weighted by Crippen LogP contribution is 2.35. The fourth-order valence-electron chi connectivity index (χ4n) is 3.00. The van der Waals surface area contributed by atoms with Crippen LogP contribution >= 0.6 is 27.3 Å². The first-order valence-corrected chi connectivity index (χ1v) is 10.8. The number of nitrogens with zero attached hydrogens (tertiary/aromatic N) is 4. The lowest BCUT2D eigenvalue weighted by Crippen LogP contribution is -2.34. The molecule has 0 atom stereocenters. The Kier molecular flexibility index (Phi) is 5.92. The van der Waals surface area contributed by atoms with Crippen LogP contribution in [0.4, 0.5) is 5.13 Å². The first-order chi connectivity index (χ1) is 14.2. The van der Waals surface area contributed by atoms with E-state index in [-0.39, 0.29) is 5.91 Å². The molecule has 2 aromatic carbocycles. The quantitative estimate of drug-likeness (QED) is 0.381. The number of fused-ring (bicyclic) bond motifs is 1. The van der Waals surface area contributed by atoms with Gasteiger partial charge in [-0.3, -0.25) is 14.4 Å². The van der Waals surface area contributed by atoms with Gasteiger partial charge in [-0.25, -0.2) is 4.98 Å². The monoisotopic (exact) mass is 470 g/mol. The molecule has 8 heteroatoms. The number of thiazole rings is 1. The van der Waals surface area contributed by atoms with Crippen molar-refractivity contribution in [3.05, 3.63) is 71.0 Å². The summed E-state index contributed by atoms with van der Waals surface area (Å²) >= 11 is 4.93. The minimum Gasteiger partial charge on any atom is -0.492 e. The zero-order valence-electron chi connectivity index (χ0n) is 15.8. The summed E-state index contributed by atoms with van der Waals surface area (Å²) in [5, 5.41) is 4.89. The second kappa shape index (κ2) is 8.75. The SMILES string of the molecule is CCOc1cccc2sc(N(CCn3cccn3)C(=O)c3cccc(Br)c3)nc12. The fourth-order valence-corrected chi connectivity index (χ4v) is 4.40. The average Bonchev–Trinajstić information content (AvgIpc) is 3.38. The molecule has 4 aromatic rings. The average molecular weight is 471 g/mol. The van der Waals surface area contributed by atoms with Crippen LogP contribution in [0.25, 0.3) is 10.2 Å². The third-order valence-corrected chi connectivity index (χ3v) is 5.87. The molecule has 0 aliphatic rings. The van der Waals surface area contributed by atoms with E-state index in [1.165, 1.54) is 11.3 Å². The van der Waals surface area contributed by atoms with E-state index >= 15 is 0 Å². The second-order valence-electron chi connectivity index (χ2n) is 6.27. The maximum Gasteiger partial charge on any atom is 0.260 e. The van der Waals surface area contributed by atoms with Crippen LogP contribution in [0.5, 0.6) is 5.75 Å². The molecule has 0 saturated heterocycles. The molecule has 4 rings (SSSR count). The summed E-state index contributed by atoms with van der Waals surface area (Å²) in [5.74, 6) is 0.630. The molecule has 0 aliphatic carbocycles. The predicted octanol–water partition coefficient (Wildman–Crippen LogP) is 5.00. The Morgan fingerprint density at radius 3 is 2.86 bits per heavy atom. The Balaban J connectivity index is 1.72. The number of ether oxygens (including phenoxy) is 1. The van der Waals surface area contributed by atoms with E-state index in [4.69, 9.17) is 9.72 Å². The molecule has 0 N–H and O–H groups in total. The van der Waals surface area contributed by atoms with E-state index in [0.717, 1.165) is 20.4 Å². The Hall–Kier alpha value is -2.71. The number of aromatic nitrogens is 3. The van der Waals surface area contributed by atoms with Gasteiger partial charge in [0.1, 0.15) is 11.3 Å². The minimum absolute atomic E-state index is 0.101. The van der Waals surface area contributed by atoms with Gasteiger partial charge in [0.2, 0.25) is 0 Å². The number of rotatable bonds is 7. The van der Waals surface area contributed by atoms with Crippen molar-refractivity contribution in [2.45, 2.75) is 13.5 Å². The number of halogens is 1. The number of benzene rings is 2. The van der Waals surface area contributed by atoms with E-state index in [1.807, 2.05) is 61.7 Å². The molecule has 6 nitrogen and oxygen atoms in total. The lowest BCUT2D eigenvalue weighted by Gasteiger charge is -2.20. The van der Waals surface area contributed by atoms with Crippen LogP contribution in [0.15, 0.2) is 65.4 Å². The molecule has 0 saturated carbocycles. The molecular weight excluding hydrogens is 452 g/mol. The van der Waals surface area contributed by atoms with Gasteiger partial charge >= 0.3 is 0 Å². The highest BCUT2D eigenvalue weighted by molar-refractivity contribution is 9.10. The van der Waals surface area contributed by atoms with Crippen LogP contribution in [0.2, 0.25) is 0 Å². The summed E-state index contributed by atoms with van der Waals surface area (Å²) in [6.45, 7) is 3.53. The topological polar surface area (TPSA) is 60.2 Å². The van der Waals surface area contributed by atoms with Gasteiger partial charge in [0.25, 0.3) is 5.91 Å². The van der Waals surface area contributed by atoms with Crippen molar-refractivity contribution in [3.8, 4) is 5.75 Å². The molecule has 1 amide bonds. The zero-order valence-corrected chi connectivity index (χ0v) is 18.2. The molecule has 0 spiro atoms. The van der Waals surface area contributed by atoms with Crippen LogP contribution < -0.4 is 9.64 Å². The Bertz CT molecular complexity index is 1130. The third kappa shape index (κ3) is 4.33. The second-order valence-corrected chi connectivity index (χ2v) is 8.19. The zero-order chi connectivity index (χ0) is 20.2. The van der Waals surface area contributed by atoms with E-state index in [9.17, 15) is 4.79 Å². The highest BCUT2D eigenvalue weighted by Gasteiger charge is 2.22. The van der Waals surface area contributed by atoms with Crippen LogP contribution in [0.3, 0.4) is 0 Å². The molecule has 0 unspecified atom stereocenters. The summed E-state index contributed by atoms with van der Waals surface area (Å²) in [6.07, 6.45) is 3.61. The number of amides is 1. The molecule has 0 radical (unpaired) electrons. The smallest absolute Gasteiger partial charge is 0.260 e. The highest BCUT2D eigenvalue weighted by atomic mass is 79.9. The first-order valence-electron chi connectivity index (χ1n) is 9.23. The van der Waals surface area contributed by atoms with Gasteiger partial charge in [-0.05, 0) is 43.3 Å². The van der Waals surface area contributed by atoms with Crippen molar-refractivity contribution in [1.29, 1.82) is 0 Å². The lowest BCUT2D eigenvalue weighted by molar-refractivity contribution is 0.0985. The van der Waals surface area contributed by atoms with Gasteiger partial charge in [-0.2, -0.15) is 5.10 Å². The van der Waals surface area contributed by atoms with Gasteiger partial charge < -0.3 is 4.74 Å². The first kappa shape index (κ1) is 19.6. The predicted molar refractivity (Wildman–Crippen MR) is 119 cm³/mol. The van der Waals surface area contributed by atoms with E-state index in [2.05, 4.69) is 21.0 Å². The van der Waals surface area contributed by atoms with Crippen LogP contribution in [-0.2, 0) is 6.54 Å². The van der Waals surface area contributed by atoms with Gasteiger partial charge in [-0.15, -0.1) is 0 Å². The fraction of sp³-hybridized carbons (Fsp3) is 0.190. The van der Waals surface area contributed by atoms with Gasteiger partial charge in [0.15, 0.2) is 5.13 Å². The van der Waals surface area contributed by atoms with Crippen molar-refractivity contribution in [1.82, 2.24) is 14.8 Å². The number of anilines is 1. The van der Waals surface area contributed by atoms with E-state index in [0.29, 0.717) is 30.4 Å². The molecule has 29 heavy (non-hydrogen) atoms. The third-order valence-electron chi connectivity index (χ3n) is 4.33. The largest absolute Gasteiger partial charge is 0.492 e. The van der Waals surface area contributed by atoms with Crippen molar-refractivity contribution in [2.75, 3.05) is 18.1 Å². The summed E-state index contributed by atoms with van der Waals surface area (Å²) in [7, 11) is 0. The molecule has 2 heterocycles.